The van der Waals surface area contributed by atoms with Gasteiger partial charge in [-0.15, -0.1) is 10.2 Å². The van der Waals surface area contributed by atoms with Gasteiger partial charge in [0.1, 0.15) is 18.0 Å². The third-order valence-electron chi connectivity index (χ3n) is 2.91. The number of nitrogens with one attached hydrogen (secondary N) is 3. The number of carbonyl (C=O) groups is 2. The molecule has 0 heterocycles. The first-order valence-corrected chi connectivity index (χ1v) is 6.71. The van der Waals surface area contributed by atoms with Crippen molar-refractivity contribution in [2.24, 2.45) is 16.1 Å². The van der Waals surface area contributed by atoms with Gasteiger partial charge in [0.15, 0.2) is 0 Å². The molecule has 0 bridgehead atoms. The first-order valence-electron chi connectivity index (χ1n) is 6.71. The molecule has 7 heteroatoms. The fourth-order valence-electron chi connectivity index (χ4n) is 1.48. The van der Waals surface area contributed by atoms with E-state index in [4.69, 9.17) is 10.8 Å². The minimum absolute atomic E-state index is 0.0149. The van der Waals surface area contributed by atoms with Crippen LogP contribution in [-0.2, 0) is 9.59 Å². The SMILES string of the molecule is CC(=O)C(C)CCCCNC(=O)CCC(=N)N=NC=N. The zero-order valence-corrected chi connectivity index (χ0v) is 12.1. The highest BCUT2D eigenvalue weighted by Gasteiger charge is 2.07. The van der Waals surface area contributed by atoms with Crippen molar-refractivity contribution in [2.45, 2.75) is 46.0 Å². The molecule has 1 unspecified atom stereocenters. The minimum atomic E-state index is -0.126. The Labute approximate surface area is 119 Å². The molecule has 0 saturated carbocycles. The van der Waals surface area contributed by atoms with Crippen LogP contribution in [0.4, 0.5) is 0 Å². The fraction of sp³-hybridized carbons (Fsp3) is 0.692. The molecule has 0 aromatic heterocycles. The maximum absolute atomic E-state index is 11.4. The minimum Gasteiger partial charge on any atom is -0.356 e. The molecular weight excluding hydrogens is 258 g/mol. The Morgan fingerprint density at radius 1 is 1.30 bits per heavy atom. The molecular formula is C13H23N5O2. The lowest BCUT2D eigenvalue weighted by molar-refractivity contribution is -0.121. The predicted molar refractivity (Wildman–Crippen MR) is 77.3 cm³/mol. The average Bonchev–Trinajstić information content (AvgIpc) is 2.41. The van der Waals surface area contributed by atoms with Crippen molar-refractivity contribution in [1.82, 2.24) is 5.32 Å². The number of ketones is 1. The van der Waals surface area contributed by atoms with Gasteiger partial charge in [-0.05, 0) is 19.8 Å². The number of Topliss-reactive ketones (excluding diaryl/α,β-unsaturated/α-hetero) is 1. The smallest absolute Gasteiger partial charge is 0.220 e. The summed E-state index contributed by atoms with van der Waals surface area (Å²) < 4.78 is 0. The molecule has 0 aromatic carbocycles. The van der Waals surface area contributed by atoms with Crippen LogP contribution in [0.1, 0.15) is 46.0 Å². The largest absolute Gasteiger partial charge is 0.356 e. The normalized spacial score (nSPS) is 12.1. The maximum Gasteiger partial charge on any atom is 0.220 e. The van der Waals surface area contributed by atoms with Gasteiger partial charge in [0.25, 0.3) is 0 Å². The van der Waals surface area contributed by atoms with Crippen molar-refractivity contribution in [1.29, 1.82) is 10.8 Å². The van der Waals surface area contributed by atoms with E-state index >= 15 is 0 Å². The summed E-state index contributed by atoms with van der Waals surface area (Å²) in [7, 11) is 0. The standard InChI is InChI=1S/C13H23N5O2/c1-10(11(2)19)5-3-4-8-16-13(20)7-6-12(15)18-17-9-14/h9-10,14-15H,3-8H2,1-2H3,(H,16,20). The van der Waals surface area contributed by atoms with Gasteiger partial charge in [-0.25, -0.2) is 0 Å². The van der Waals surface area contributed by atoms with Crippen LogP contribution in [0.5, 0.6) is 0 Å². The van der Waals surface area contributed by atoms with Crippen molar-refractivity contribution in [3.8, 4) is 0 Å². The van der Waals surface area contributed by atoms with E-state index < -0.39 is 0 Å². The predicted octanol–water partition coefficient (Wildman–Crippen LogP) is 2.31. The van der Waals surface area contributed by atoms with Crippen LogP contribution in [0.3, 0.4) is 0 Å². The van der Waals surface area contributed by atoms with Gasteiger partial charge in [-0.3, -0.25) is 20.4 Å². The first kappa shape index (κ1) is 18.1. The van der Waals surface area contributed by atoms with Crippen molar-refractivity contribution >= 4 is 23.9 Å². The van der Waals surface area contributed by atoms with E-state index in [-0.39, 0.29) is 36.3 Å². The molecule has 0 radical (unpaired) electrons. The molecule has 0 fully saturated rings. The summed E-state index contributed by atoms with van der Waals surface area (Å²) in [5.41, 5.74) is 0. The molecule has 1 amide bonds. The lowest BCUT2D eigenvalue weighted by Crippen LogP contribution is -2.24. The van der Waals surface area contributed by atoms with Gasteiger partial charge in [0.05, 0.1) is 0 Å². The van der Waals surface area contributed by atoms with Crippen LogP contribution in [0, 0.1) is 16.7 Å². The van der Waals surface area contributed by atoms with E-state index in [0.29, 0.717) is 6.54 Å². The monoisotopic (exact) mass is 281 g/mol. The zero-order chi connectivity index (χ0) is 15.4. The number of amidine groups is 1. The molecule has 0 aliphatic carbocycles. The quantitative estimate of drug-likeness (QED) is 0.246. The van der Waals surface area contributed by atoms with Crippen LogP contribution in [0.2, 0.25) is 0 Å². The summed E-state index contributed by atoms with van der Waals surface area (Å²) in [6.07, 6.45) is 3.75. The van der Waals surface area contributed by atoms with Gasteiger partial charge in [0, 0.05) is 25.3 Å². The van der Waals surface area contributed by atoms with Crippen molar-refractivity contribution in [3.63, 3.8) is 0 Å². The summed E-state index contributed by atoms with van der Waals surface area (Å²) in [5, 5.41) is 23.4. The fourth-order valence-corrected chi connectivity index (χ4v) is 1.48. The topological polar surface area (TPSA) is 119 Å². The highest BCUT2D eigenvalue weighted by molar-refractivity contribution is 5.85. The van der Waals surface area contributed by atoms with Crippen LogP contribution < -0.4 is 5.32 Å². The number of amides is 1. The number of nitrogens with zero attached hydrogens (tertiary/aromatic N) is 2. The van der Waals surface area contributed by atoms with E-state index in [0.717, 1.165) is 25.6 Å². The Kier molecular flexibility index (Phi) is 9.90. The van der Waals surface area contributed by atoms with Crippen LogP contribution in [0.15, 0.2) is 10.2 Å². The van der Waals surface area contributed by atoms with Crippen LogP contribution in [0.25, 0.3) is 0 Å². The third kappa shape index (κ3) is 10.0. The number of hydrogen-bond donors (Lipinski definition) is 3. The molecule has 0 aliphatic heterocycles. The van der Waals surface area contributed by atoms with Gasteiger partial charge >= 0.3 is 0 Å². The van der Waals surface area contributed by atoms with Crippen LogP contribution >= 0.6 is 0 Å². The molecule has 0 spiro atoms. The van der Waals surface area contributed by atoms with E-state index in [2.05, 4.69) is 15.5 Å². The molecule has 0 saturated heterocycles. The number of carbonyl (C=O) groups excluding carboxylic acids is 2. The average molecular weight is 281 g/mol. The van der Waals surface area contributed by atoms with Gasteiger partial charge in [-0.1, -0.05) is 13.3 Å². The Bertz CT molecular complexity index is 379. The van der Waals surface area contributed by atoms with Crippen molar-refractivity contribution < 1.29 is 9.59 Å². The maximum atomic E-state index is 11.4. The third-order valence-corrected chi connectivity index (χ3v) is 2.91. The first-order chi connectivity index (χ1) is 9.47. The highest BCUT2D eigenvalue weighted by Crippen LogP contribution is 2.08. The van der Waals surface area contributed by atoms with Crippen LogP contribution in [-0.4, -0.2) is 30.4 Å². The molecule has 20 heavy (non-hydrogen) atoms. The zero-order valence-electron chi connectivity index (χ0n) is 12.1. The Balaban J connectivity index is 3.59. The summed E-state index contributed by atoms with van der Waals surface area (Å²) in [6, 6.07) is 0. The number of unbranched alkanes of at least 4 members (excludes halogenated alkanes) is 1. The summed E-state index contributed by atoms with van der Waals surface area (Å²) in [6.45, 7) is 4.09. The summed E-state index contributed by atoms with van der Waals surface area (Å²) >= 11 is 0. The number of azo groups is 1. The second kappa shape index (κ2) is 11.0. The lowest BCUT2D eigenvalue weighted by atomic mass is 10.0. The summed E-state index contributed by atoms with van der Waals surface area (Å²) in [4.78, 5) is 22.5. The number of rotatable bonds is 10. The molecule has 7 nitrogen and oxygen atoms in total. The van der Waals surface area contributed by atoms with E-state index in [1.165, 1.54) is 0 Å². The second-order valence-corrected chi connectivity index (χ2v) is 4.65. The Hall–Kier alpha value is -1.92. The van der Waals surface area contributed by atoms with Gasteiger partial charge in [-0.2, -0.15) is 0 Å². The molecule has 0 aliphatic rings. The molecule has 0 rings (SSSR count). The van der Waals surface area contributed by atoms with Gasteiger partial charge < -0.3 is 5.32 Å². The molecule has 0 aromatic rings. The number of hydrogen-bond acceptors (Lipinski definition) is 4. The Morgan fingerprint density at radius 2 is 2.00 bits per heavy atom. The second-order valence-electron chi connectivity index (χ2n) is 4.65. The highest BCUT2D eigenvalue weighted by atomic mass is 16.1. The molecule has 112 valence electrons. The van der Waals surface area contributed by atoms with Crippen molar-refractivity contribution in [2.75, 3.05) is 6.54 Å². The molecule has 3 N–H and O–H groups in total. The van der Waals surface area contributed by atoms with Crippen molar-refractivity contribution in [3.05, 3.63) is 0 Å². The van der Waals surface area contributed by atoms with E-state index in [1.54, 1.807) is 6.92 Å². The Morgan fingerprint density at radius 3 is 2.60 bits per heavy atom. The molecule has 1 atom stereocenters. The lowest BCUT2D eigenvalue weighted by Gasteiger charge is -2.07. The van der Waals surface area contributed by atoms with E-state index in [9.17, 15) is 9.59 Å². The van der Waals surface area contributed by atoms with Gasteiger partial charge in [0.2, 0.25) is 5.91 Å². The summed E-state index contributed by atoms with van der Waals surface area (Å²) in [5.74, 6) is 0.148. The van der Waals surface area contributed by atoms with E-state index in [1.807, 2.05) is 6.92 Å².